The molecule has 0 spiro atoms. The molecular weight excluding hydrogens is 551 g/mol. The van der Waals surface area contributed by atoms with E-state index in [-0.39, 0.29) is 29.7 Å². The third-order valence-electron chi connectivity index (χ3n) is 5.42. The molecule has 2 saturated heterocycles. The summed E-state index contributed by atoms with van der Waals surface area (Å²) in [4.78, 5) is 40.2. The summed E-state index contributed by atoms with van der Waals surface area (Å²) in [5, 5.41) is 14.2. The van der Waals surface area contributed by atoms with Crippen molar-refractivity contribution in [2.75, 3.05) is 32.9 Å². The first kappa shape index (κ1) is 31.2. The van der Waals surface area contributed by atoms with Crippen LogP contribution in [0, 0.1) is 17.2 Å². The molecule has 2 fully saturated rings. The Hall–Kier alpha value is -4.02. The van der Waals surface area contributed by atoms with Gasteiger partial charge < -0.3 is 24.6 Å². The van der Waals surface area contributed by atoms with Crippen molar-refractivity contribution in [1.82, 2.24) is 14.9 Å². The third kappa shape index (κ3) is 8.76. The quantitative estimate of drug-likeness (QED) is 0.530. The molecule has 10 nitrogen and oxygen atoms in total. The molecule has 2 atom stereocenters. The van der Waals surface area contributed by atoms with Gasteiger partial charge in [0.05, 0.1) is 30.8 Å². The normalized spacial score (nSPS) is 20.1. The fourth-order valence-electron chi connectivity index (χ4n) is 3.55. The van der Waals surface area contributed by atoms with Gasteiger partial charge in [-0.1, -0.05) is 0 Å². The van der Waals surface area contributed by atoms with Gasteiger partial charge in [-0.15, -0.1) is 0 Å². The molecule has 0 unspecified atom stereocenters. The van der Waals surface area contributed by atoms with Crippen LogP contribution >= 0.6 is 0 Å². The average Bonchev–Trinajstić information content (AvgIpc) is 3.41. The molecule has 4 heterocycles. The number of alkyl halides is 6. The van der Waals surface area contributed by atoms with Gasteiger partial charge in [0.1, 0.15) is 0 Å². The van der Waals surface area contributed by atoms with Crippen LogP contribution in [0.2, 0.25) is 0 Å². The predicted molar refractivity (Wildman–Crippen MR) is 114 cm³/mol. The maximum Gasteiger partial charge on any atom is 0.490 e. The van der Waals surface area contributed by atoms with Gasteiger partial charge in [0.2, 0.25) is 5.88 Å². The summed E-state index contributed by atoms with van der Waals surface area (Å²) in [5.41, 5.74) is 0.234. The molecule has 2 aliphatic heterocycles. The molecule has 0 aliphatic carbocycles. The number of carboxylic acid groups (broad SMARTS) is 2. The molecule has 2 N–H and O–H groups in total. The summed E-state index contributed by atoms with van der Waals surface area (Å²) in [6, 6.07) is 6.34. The van der Waals surface area contributed by atoms with Crippen molar-refractivity contribution >= 4 is 17.8 Å². The van der Waals surface area contributed by atoms with E-state index in [0.29, 0.717) is 31.9 Å². The van der Waals surface area contributed by atoms with Crippen molar-refractivity contribution in [2.24, 2.45) is 11.3 Å². The molecule has 17 heteroatoms. The average molecular weight is 571 g/mol. The second-order valence-electron chi connectivity index (χ2n) is 8.19. The molecule has 1 amide bonds. The number of hydrogen-bond acceptors (Lipinski definition) is 7. The van der Waals surface area contributed by atoms with Crippen molar-refractivity contribution in [2.45, 2.75) is 12.4 Å². The van der Waals surface area contributed by atoms with E-state index in [4.69, 9.17) is 29.3 Å². The highest BCUT2D eigenvalue weighted by Gasteiger charge is 2.52. The zero-order chi connectivity index (χ0) is 29.4. The van der Waals surface area contributed by atoms with Gasteiger partial charge in [-0.2, -0.15) is 26.3 Å². The van der Waals surface area contributed by atoms with E-state index in [1.165, 1.54) is 18.3 Å². The smallest absolute Gasteiger partial charge is 0.475 e. The van der Waals surface area contributed by atoms with Gasteiger partial charge >= 0.3 is 24.3 Å². The molecule has 214 valence electrons. The van der Waals surface area contributed by atoms with Crippen molar-refractivity contribution < 1.29 is 64.8 Å². The number of carbonyl (C=O) groups excluding carboxylic acids is 1. The summed E-state index contributed by atoms with van der Waals surface area (Å²) >= 11 is 0. The van der Waals surface area contributed by atoms with Gasteiger partial charge in [0.25, 0.3) is 5.91 Å². The molecule has 2 aromatic heterocycles. The Morgan fingerprint density at radius 3 is 2.15 bits per heavy atom. The monoisotopic (exact) mass is 571 g/mol. The highest BCUT2D eigenvalue weighted by Crippen LogP contribution is 2.42. The number of aromatic nitrogens is 2. The number of halogens is 7. The molecule has 2 aliphatic rings. The number of carboxylic acids is 2. The maximum atomic E-state index is 13.7. The molecule has 0 bridgehead atoms. The SMILES string of the molecule is O=C(O)C(F)(F)F.O=C(O)C(F)(F)F.O=C(c1cccnc1)N1C[C@@H]2COC[C@]2(COc2ncccc2F)C1. The Balaban J connectivity index is 0.000000317. The zero-order valence-electron chi connectivity index (χ0n) is 19.6. The standard InChI is InChI=1S/C18H18FN3O3.2C2HF3O2/c19-15-4-2-6-21-16(15)25-12-18-10-22(8-14(18)9-24-11-18)17(23)13-3-1-5-20-7-13;2*3-2(4,5)1(6)7/h1-7,14H,8-12H2;2*(H,6,7)/t14-,18+;;/m1../s1. The maximum absolute atomic E-state index is 13.7. The highest BCUT2D eigenvalue weighted by molar-refractivity contribution is 5.94. The molecular formula is C22H20F7N3O7. The number of nitrogens with zero attached hydrogens (tertiary/aromatic N) is 3. The fraction of sp³-hybridized carbons (Fsp3) is 0.409. The van der Waals surface area contributed by atoms with Crippen molar-refractivity contribution in [1.29, 1.82) is 0 Å². The minimum atomic E-state index is -5.08. The Bertz CT molecular complexity index is 1120. The van der Waals surface area contributed by atoms with Gasteiger partial charge in [-0.05, 0) is 24.3 Å². The summed E-state index contributed by atoms with van der Waals surface area (Å²) in [7, 11) is 0. The predicted octanol–water partition coefficient (Wildman–Crippen LogP) is 3.05. The van der Waals surface area contributed by atoms with Crippen molar-refractivity contribution in [3.05, 3.63) is 54.2 Å². The molecule has 2 aromatic rings. The highest BCUT2D eigenvalue weighted by atomic mass is 19.4. The fourth-order valence-corrected chi connectivity index (χ4v) is 3.55. The third-order valence-corrected chi connectivity index (χ3v) is 5.42. The Kier molecular flexibility index (Phi) is 10.1. The lowest BCUT2D eigenvalue weighted by atomic mass is 9.82. The lowest BCUT2D eigenvalue weighted by molar-refractivity contribution is -0.193. The first-order chi connectivity index (χ1) is 18.1. The van der Waals surface area contributed by atoms with E-state index in [0.717, 1.165) is 0 Å². The van der Waals surface area contributed by atoms with Crippen LogP contribution in [0.15, 0.2) is 42.9 Å². The van der Waals surface area contributed by atoms with Crippen LogP contribution in [0.4, 0.5) is 30.7 Å². The summed E-state index contributed by atoms with van der Waals surface area (Å²) in [5.74, 6) is -5.90. The van der Waals surface area contributed by atoms with Crippen LogP contribution in [-0.4, -0.2) is 88.2 Å². The minimum absolute atomic E-state index is 0.0143. The number of aliphatic carboxylic acids is 2. The molecule has 0 saturated carbocycles. The number of amides is 1. The summed E-state index contributed by atoms with van der Waals surface area (Å²) in [6.07, 6.45) is -5.47. The van der Waals surface area contributed by atoms with Crippen LogP contribution in [0.1, 0.15) is 10.4 Å². The van der Waals surface area contributed by atoms with Crippen LogP contribution in [0.3, 0.4) is 0 Å². The number of likely N-dealkylation sites (tertiary alicyclic amines) is 1. The Morgan fingerprint density at radius 2 is 1.64 bits per heavy atom. The number of ether oxygens (including phenoxy) is 2. The summed E-state index contributed by atoms with van der Waals surface area (Å²) in [6.45, 7) is 2.44. The largest absolute Gasteiger partial charge is 0.490 e. The van der Waals surface area contributed by atoms with Gasteiger partial charge in [0.15, 0.2) is 5.82 Å². The number of fused-ring (bicyclic) bond motifs is 1. The van der Waals surface area contributed by atoms with E-state index < -0.39 is 30.1 Å². The molecule has 0 radical (unpaired) electrons. The lowest BCUT2D eigenvalue weighted by Crippen LogP contribution is -2.38. The number of rotatable bonds is 4. The van der Waals surface area contributed by atoms with E-state index in [1.807, 2.05) is 4.90 Å². The topological polar surface area (TPSA) is 139 Å². The molecule has 39 heavy (non-hydrogen) atoms. The lowest BCUT2D eigenvalue weighted by Gasteiger charge is -2.26. The Labute approximate surface area is 215 Å². The van der Waals surface area contributed by atoms with Crippen LogP contribution < -0.4 is 4.74 Å². The van der Waals surface area contributed by atoms with Crippen molar-refractivity contribution in [3.63, 3.8) is 0 Å². The second kappa shape index (κ2) is 12.7. The molecule has 4 rings (SSSR count). The van der Waals surface area contributed by atoms with E-state index in [1.54, 1.807) is 24.5 Å². The number of pyridine rings is 2. The van der Waals surface area contributed by atoms with Gasteiger partial charge in [0, 0.05) is 37.6 Å². The minimum Gasteiger partial charge on any atom is -0.475 e. The van der Waals surface area contributed by atoms with Crippen molar-refractivity contribution in [3.8, 4) is 5.88 Å². The Morgan fingerprint density at radius 1 is 1.05 bits per heavy atom. The van der Waals surface area contributed by atoms with Crippen LogP contribution in [-0.2, 0) is 14.3 Å². The first-order valence-electron chi connectivity index (χ1n) is 10.7. The van der Waals surface area contributed by atoms with E-state index in [2.05, 4.69) is 9.97 Å². The van der Waals surface area contributed by atoms with E-state index in [9.17, 15) is 35.5 Å². The number of hydrogen-bond donors (Lipinski definition) is 2. The molecule has 0 aromatic carbocycles. The number of carbonyl (C=O) groups is 3. The first-order valence-corrected chi connectivity index (χ1v) is 10.7. The van der Waals surface area contributed by atoms with Gasteiger partial charge in [-0.25, -0.2) is 19.0 Å². The summed E-state index contributed by atoms with van der Waals surface area (Å²) < 4.78 is 88.5. The van der Waals surface area contributed by atoms with Crippen LogP contribution in [0.25, 0.3) is 0 Å². The van der Waals surface area contributed by atoms with Crippen LogP contribution in [0.5, 0.6) is 5.88 Å². The zero-order valence-corrected chi connectivity index (χ0v) is 19.6. The van der Waals surface area contributed by atoms with Gasteiger partial charge in [-0.3, -0.25) is 9.78 Å². The van der Waals surface area contributed by atoms with E-state index >= 15 is 0 Å². The second-order valence-corrected chi connectivity index (χ2v) is 8.19.